The van der Waals surface area contributed by atoms with Crippen molar-refractivity contribution in [2.24, 2.45) is 5.92 Å². The van der Waals surface area contributed by atoms with Crippen LogP contribution in [0.1, 0.15) is 18.4 Å². The van der Waals surface area contributed by atoms with Gasteiger partial charge >= 0.3 is 0 Å². The van der Waals surface area contributed by atoms with Gasteiger partial charge in [0.15, 0.2) is 11.6 Å². The van der Waals surface area contributed by atoms with Gasteiger partial charge in [0.05, 0.1) is 12.7 Å². The summed E-state index contributed by atoms with van der Waals surface area (Å²) >= 11 is 0. The number of benzene rings is 1. The summed E-state index contributed by atoms with van der Waals surface area (Å²) in [4.78, 5) is 2.40. The number of hydrogen-bond donors (Lipinski definition) is 1. The Morgan fingerprint density at radius 2 is 2.32 bits per heavy atom. The van der Waals surface area contributed by atoms with Crippen LogP contribution in [-0.2, 0) is 6.42 Å². The van der Waals surface area contributed by atoms with E-state index in [2.05, 4.69) is 4.90 Å². The molecule has 3 atom stereocenters. The summed E-state index contributed by atoms with van der Waals surface area (Å²) < 4.78 is 18.6. The standard InChI is InChI=1S/C15H20FNO2/c1-19-14-3-2-11(8-13(14)16)9-15(18)5-7-17-6-4-12(15)10-17/h2-3,8,12,18H,4-7,9-10H2,1H3. The molecular formula is C15H20FNO2. The Hall–Kier alpha value is -1.13. The number of aliphatic hydroxyl groups is 1. The van der Waals surface area contributed by atoms with Crippen LogP contribution >= 0.6 is 0 Å². The highest BCUT2D eigenvalue weighted by Crippen LogP contribution is 2.38. The molecule has 4 heteroatoms. The van der Waals surface area contributed by atoms with Crippen molar-refractivity contribution >= 4 is 0 Å². The van der Waals surface area contributed by atoms with Crippen molar-refractivity contribution in [3.05, 3.63) is 29.6 Å². The number of fused-ring (bicyclic) bond motifs is 2. The van der Waals surface area contributed by atoms with Crippen LogP contribution in [0.2, 0.25) is 0 Å². The zero-order chi connectivity index (χ0) is 13.5. The summed E-state index contributed by atoms with van der Waals surface area (Å²) in [5.74, 6) is 0.227. The number of hydrogen-bond acceptors (Lipinski definition) is 3. The number of methoxy groups -OCH3 is 1. The predicted octanol–water partition coefficient (Wildman–Crippen LogP) is 1.83. The molecule has 104 valence electrons. The van der Waals surface area contributed by atoms with Crippen LogP contribution < -0.4 is 4.74 Å². The van der Waals surface area contributed by atoms with Crippen LogP contribution in [-0.4, -0.2) is 42.4 Å². The molecule has 0 aliphatic carbocycles. The van der Waals surface area contributed by atoms with Crippen molar-refractivity contribution in [2.45, 2.75) is 24.9 Å². The average Bonchev–Trinajstić information content (AvgIpc) is 2.81. The lowest BCUT2D eigenvalue weighted by molar-refractivity contribution is -0.0439. The molecule has 0 amide bonds. The van der Waals surface area contributed by atoms with Gasteiger partial charge in [0.25, 0.3) is 0 Å². The van der Waals surface area contributed by atoms with Gasteiger partial charge in [0, 0.05) is 25.4 Å². The Morgan fingerprint density at radius 3 is 3.05 bits per heavy atom. The van der Waals surface area contributed by atoms with E-state index in [1.54, 1.807) is 6.07 Å². The van der Waals surface area contributed by atoms with Crippen molar-refractivity contribution in [3.8, 4) is 5.75 Å². The lowest BCUT2D eigenvalue weighted by Crippen LogP contribution is -2.47. The van der Waals surface area contributed by atoms with Crippen LogP contribution in [0.4, 0.5) is 4.39 Å². The van der Waals surface area contributed by atoms with Gasteiger partial charge in [-0.3, -0.25) is 0 Å². The van der Waals surface area contributed by atoms with Gasteiger partial charge in [0.1, 0.15) is 0 Å². The third kappa shape index (κ3) is 2.35. The Balaban J connectivity index is 1.78. The van der Waals surface area contributed by atoms with E-state index >= 15 is 0 Å². The first-order valence-electron chi connectivity index (χ1n) is 6.88. The number of rotatable bonds is 3. The maximum absolute atomic E-state index is 13.7. The summed E-state index contributed by atoms with van der Waals surface area (Å²) in [5, 5.41) is 10.8. The first-order chi connectivity index (χ1) is 9.10. The SMILES string of the molecule is COc1ccc(CC2(O)CCN3CCC2C3)cc1F. The van der Waals surface area contributed by atoms with E-state index < -0.39 is 5.60 Å². The van der Waals surface area contributed by atoms with E-state index in [4.69, 9.17) is 4.74 Å². The summed E-state index contributed by atoms with van der Waals surface area (Å²) in [6, 6.07) is 4.97. The molecule has 0 saturated carbocycles. The monoisotopic (exact) mass is 265 g/mol. The van der Waals surface area contributed by atoms with E-state index in [-0.39, 0.29) is 11.6 Å². The van der Waals surface area contributed by atoms with Crippen molar-refractivity contribution in [1.82, 2.24) is 4.90 Å². The minimum atomic E-state index is -0.673. The second-order valence-corrected chi connectivity index (χ2v) is 5.79. The maximum atomic E-state index is 13.7. The summed E-state index contributed by atoms with van der Waals surface area (Å²) in [6.07, 6.45) is 2.37. The van der Waals surface area contributed by atoms with Crippen LogP contribution in [0.25, 0.3) is 0 Å². The van der Waals surface area contributed by atoms with Gasteiger partial charge in [0.2, 0.25) is 0 Å². The molecule has 19 heavy (non-hydrogen) atoms. The fourth-order valence-electron chi connectivity index (χ4n) is 3.44. The minimum absolute atomic E-state index is 0.256. The first-order valence-corrected chi connectivity index (χ1v) is 6.88. The van der Waals surface area contributed by atoms with Gasteiger partial charge in [-0.2, -0.15) is 0 Å². The normalized spacial score (nSPS) is 33.4. The minimum Gasteiger partial charge on any atom is -0.494 e. The molecule has 0 radical (unpaired) electrons. The Bertz CT molecular complexity index is 479. The highest BCUT2D eigenvalue weighted by molar-refractivity contribution is 5.30. The number of ether oxygens (including phenoxy) is 1. The topological polar surface area (TPSA) is 32.7 Å². The molecule has 0 aromatic heterocycles. The van der Waals surface area contributed by atoms with Crippen LogP contribution in [0.3, 0.4) is 0 Å². The highest BCUT2D eigenvalue weighted by atomic mass is 19.1. The molecule has 1 aromatic carbocycles. The van der Waals surface area contributed by atoms with Crippen LogP contribution in [0.15, 0.2) is 18.2 Å². The second kappa shape index (κ2) is 4.76. The number of nitrogens with zero attached hydrogens (tertiary/aromatic N) is 1. The van der Waals surface area contributed by atoms with Crippen molar-refractivity contribution in [2.75, 3.05) is 26.7 Å². The van der Waals surface area contributed by atoms with E-state index in [1.165, 1.54) is 13.2 Å². The molecule has 2 aliphatic heterocycles. The fourth-order valence-corrected chi connectivity index (χ4v) is 3.44. The zero-order valence-corrected chi connectivity index (χ0v) is 11.2. The Morgan fingerprint density at radius 1 is 1.47 bits per heavy atom. The molecule has 2 saturated heterocycles. The molecule has 2 aliphatic rings. The van der Waals surface area contributed by atoms with Gasteiger partial charge < -0.3 is 14.7 Å². The first kappa shape index (κ1) is 12.9. The fraction of sp³-hybridized carbons (Fsp3) is 0.600. The van der Waals surface area contributed by atoms with Crippen LogP contribution in [0.5, 0.6) is 5.75 Å². The van der Waals surface area contributed by atoms with Crippen LogP contribution in [0, 0.1) is 11.7 Å². The molecular weight excluding hydrogens is 245 g/mol. The average molecular weight is 265 g/mol. The molecule has 3 rings (SSSR count). The van der Waals surface area contributed by atoms with Gasteiger partial charge in [-0.1, -0.05) is 6.07 Å². The third-order valence-electron chi connectivity index (χ3n) is 4.62. The molecule has 3 nitrogen and oxygen atoms in total. The molecule has 1 N–H and O–H groups in total. The largest absolute Gasteiger partial charge is 0.494 e. The summed E-state index contributed by atoms with van der Waals surface area (Å²) in [7, 11) is 1.46. The van der Waals surface area contributed by atoms with Crippen molar-refractivity contribution in [3.63, 3.8) is 0 Å². The number of piperidine rings is 1. The highest BCUT2D eigenvalue weighted by Gasteiger charge is 2.44. The van der Waals surface area contributed by atoms with Gasteiger partial charge in [-0.15, -0.1) is 0 Å². The third-order valence-corrected chi connectivity index (χ3v) is 4.62. The predicted molar refractivity (Wildman–Crippen MR) is 70.8 cm³/mol. The lowest BCUT2D eigenvalue weighted by Gasteiger charge is -2.39. The van der Waals surface area contributed by atoms with Crippen molar-refractivity contribution < 1.29 is 14.2 Å². The second-order valence-electron chi connectivity index (χ2n) is 5.79. The molecule has 2 heterocycles. The molecule has 2 bridgehead atoms. The van der Waals surface area contributed by atoms with Gasteiger partial charge in [-0.25, -0.2) is 4.39 Å². The van der Waals surface area contributed by atoms with E-state index in [0.717, 1.165) is 38.0 Å². The molecule has 2 fully saturated rings. The molecule has 0 spiro atoms. The maximum Gasteiger partial charge on any atom is 0.165 e. The van der Waals surface area contributed by atoms with E-state index in [1.807, 2.05) is 6.07 Å². The smallest absolute Gasteiger partial charge is 0.165 e. The summed E-state index contributed by atoms with van der Waals surface area (Å²) in [6.45, 7) is 3.02. The zero-order valence-electron chi connectivity index (χ0n) is 11.2. The van der Waals surface area contributed by atoms with Crippen molar-refractivity contribution in [1.29, 1.82) is 0 Å². The Kier molecular flexibility index (Phi) is 3.23. The summed E-state index contributed by atoms with van der Waals surface area (Å²) in [5.41, 5.74) is 0.176. The van der Waals surface area contributed by atoms with Gasteiger partial charge in [-0.05, 0) is 37.1 Å². The number of halogens is 1. The molecule has 1 aromatic rings. The molecule has 3 unspecified atom stereocenters. The lowest BCUT2D eigenvalue weighted by atomic mass is 9.78. The van der Waals surface area contributed by atoms with E-state index in [0.29, 0.717) is 12.3 Å². The van der Waals surface area contributed by atoms with E-state index in [9.17, 15) is 9.50 Å². The Labute approximate surface area is 113 Å². The quantitative estimate of drug-likeness (QED) is 0.905.